The molecule has 0 bridgehead atoms. The van der Waals surface area contributed by atoms with Gasteiger partial charge in [-0.15, -0.1) is 0 Å². The zero-order chi connectivity index (χ0) is 22.7. The Balaban J connectivity index is 1.42. The van der Waals surface area contributed by atoms with Crippen LogP contribution < -0.4 is 20.1 Å². The highest BCUT2D eigenvalue weighted by Gasteiger charge is 2.29. The van der Waals surface area contributed by atoms with Gasteiger partial charge in [0.15, 0.2) is 11.5 Å². The molecule has 4 rings (SSSR count). The van der Waals surface area contributed by atoms with Gasteiger partial charge in [0.2, 0.25) is 5.91 Å². The van der Waals surface area contributed by atoms with Crippen LogP contribution in [0.1, 0.15) is 41.9 Å². The van der Waals surface area contributed by atoms with Crippen molar-refractivity contribution in [3.8, 4) is 22.8 Å². The van der Waals surface area contributed by atoms with Crippen LogP contribution in [0.5, 0.6) is 11.5 Å². The summed E-state index contributed by atoms with van der Waals surface area (Å²) < 4.78 is 16.0. The van der Waals surface area contributed by atoms with Crippen molar-refractivity contribution < 1.29 is 23.6 Å². The lowest BCUT2D eigenvalue weighted by Gasteiger charge is -2.14. The first kappa shape index (κ1) is 21.4. The maximum Gasteiger partial charge on any atom is 0.273 e. The number of carbonyl (C=O) groups excluding carboxylic acids is 2. The fourth-order valence-electron chi connectivity index (χ4n) is 3.31. The molecule has 8 nitrogen and oxygen atoms in total. The number of aromatic nitrogens is 1. The third kappa shape index (κ3) is 4.74. The van der Waals surface area contributed by atoms with Crippen LogP contribution in [0.4, 0.5) is 5.69 Å². The Bertz CT molecular complexity index is 1120. The number of anilines is 1. The standard InChI is InChI=1S/C24H25N3O5/c1-14(15-6-8-17(9-7-15)26-23(28)16-4-5-16)25-24(29)20-13-22(32-27-20)19-12-18(30-2)10-11-21(19)31-3/h6-14,16H,4-5H2,1-3H3,(H,25,29)(H,26,28). The van der Waals surface area contributed by atoms with Gasteiger partial charge in [-0.2, -0.15) is 0 Å². The van der Waals surface area contributed by atoms with Crippen LogP contribution in [-0.4, -0.2) is 31.2 Å². The minimum absolute atomic E-state index is 0.0635. The normalized spacial score (nSPS) is 13.8. The van der Waals surface area contributed by atoms with Crippen molar-refractivity contribution in [3.05, 3.63) is 59.8 Å². The van der Waals surface area contributed by atoms with Gasteiger partial charge in [-0.3, -0.25) is 9.59 Å². The highest BCUT2D eigenvalue weighted by molar-refractivity contribution is 5.94. The van der Waals surface area contributed by atoms with Crippen molar-refractivity contribution in [2.24, 2.45) is 5.92 Å². The van der Waals surface area contributed by atoms with E-state index in [1.165, 1.54) is 0 Å². The smallest absolute Gasteiger partial charge is 0.273 e. The van der Waals surface area contributed by atoms with Crippen LogP contribution >= 0.6 is 0 Å². The predicted octanol–water partition coefficient (Wildman–Crippen LogP) is 4.20. The molecule has 0 spiro atoms. The largest absolute Gasteiger partial charge is 0.497 e. The predicted molar refractivity (Wildman–Crippen MR) is 119 cm³/mol. The number of hydrogen-bond acceptors (Lipinski definition) is 6. The molecule has 0 aliphatic heterocycles. The summed E-state index contributed by atoms with van der Waals surface area (Å²) >= 11 is 0. The zero-order valence-corrected chi connectivity index (χ0v) is 18.2. The summed E-state index contributed by atoms with van der Waals surface area (Å²) in [5.41, 5.74) is 2.44. The Hall–Kier alpha value is -3.81. The average Bonchev–Trinajstić information content (AvgIpc) is 3.55. The second-order valence-corrected chi connectivity index (χ2v) is 7.72. The third-order valence-corrected chi connectivity index (χ3v) is 5.39. The van der Waals surface area contributed by atoms with Crippen molar-refractivity contribution in [2.75, 3.05) is 19.5 Å². The number of hydrogen-bond donors (Lipinski definition) is 2. The fraction of sp³-hybridized carbons (Fsp3) is 0.292. The number of amides is 2. The minimum atomic E-state index is -0.361. The van der Waals surface area contributed by atoms with Crippen molar-refractivity contribution in [1.29, 1.82) is 0 Å². The maximum absolute atomic E-state index is 12.7. The molecule has 1 aromatic heterocycles. The van der Waals surface area contributed by atoms with Crippen molar-refractivity contribution in [3.63, 3.8) is 0 Å². The number of carbonyl (C=O) groups is 2. The van der Waals surface area contributed by atoms with Gasteiger partial charge in [-0.1, -0.05) is 17.3 Å². The number of nitrogens with zero attached hydrogens (tertiary/aromatic N) is 1. The molecule has 1 unspecified atom stereocenters. The number of benzene rings is 2. The molecule has 2 N–H and O–H groups in total. The summed E-state index contributed by atoms with van der Waals surface area (Å²) in [4.78, 5) is 24.6. The van der Waals surface area contributed by atoms with E-state index in [-0.39, 0.29) is 29.5 Å². The Morgan fingerprint density at radius 3 is 2.47 bits per heavy atom. The van der Waals surface area contributed by atoms with E-state index >= 15 is 0 Å². The van der Waals surface area contributed by atoms with Gasteiger partial charge in [-0.05, 0) is 55.7 Å². The van der Waals surface area contributed by atoms with Gasteiger partial charge in [0.05, 0.1) is 25.8 Å². The summed E-state index contributed by atoms with van der Waals surface area (Å²) in [6.45, 7) is 1.88. The number of methoxy groups -OCH3 is 2. The van der Waals surface area contributed by atoms with Crippen LogP contribution in [0, 0.1) is 5.92 Å². The molecule has 166 valence electrons. The van der Waals surface area contributed by atoms with Crippen molar-refractivity contribution in [1.82, 2.24) is 10.5 Å². The molecule has 1 heterocycles. The van der Waals surface area contributed by atoms with Crippen LogP contribution in [-0.2, 0) is 4.79 Å². The van der Waals surface area contributed by atoms with Gasteiger partial charge in [-0.25, -0.2) is 0 Å². The molecule has 1 aliphatic rings. The number of rotatable bonds is 8. The lowest BCUT2D eigenvalue weighted by molar-refractivity contribution is -0.117. The number of nitrogens with one attached hydrogen (secondary N) is 2. The van der Waals surface area contributed by atoms with Crippen LogP contribution in [0.25, 0.3) is 11.3 Å². The Labute approximate surface area is 185 Å². The first-order chi connectivity index (χ1) is 15.5. The Morgan fingerprint density at radius 2 is 1.81 bits per heavy atom. The van der Waals surface area contributed by atoms with E-state index < -0.39 is 0 Å². The Kier molecular flexibility index (Phi) is 6.11. The SMILES string of the molecule is COc1ccc(OC)c(-c2cc(C(=O)NC(C)c3ccc(NC(=O)C4CC4)cc3)no2)c1. The molecule has 2 amide bonds. The van der Waals surface area contributed by atoms with E-state index in [0.29, 0.717) is 22.8 Å². The highest BCUT2D eigenvalue weighted by Crippen LogP contribution is 2.34. The minimum Gasteiger partial charge on any atom is -0.497 e. The molecule has 8 heteroatoms. The fourth-order valence-corrected chi connectivity index (χ4v) is 3.31. The van der Waals surface area contributed by atoms with E-state index in [1.54, 1.807) is 38.5 Å². The average molecular weight is 435 g/mol. The summed E-state index contributed by atoms with van der Waals surface area (Å²) in [6, 6.07) is 14.0. The lowest BCUT2D eigenvalue weighted by Crippen LogP contribution is -2.26. The van der Waals surface area contributed by atoms with Crippen LogP contribution in [0.2, 0.25) is 0 Å². The first-order valence-electron chi connectivity index (χ1n) is 10.4. The van der Waals surface area contributed by atoms with Gasteiger partial charge < -0.3 is 24.6 Å². The summed E-state index contributed by atoms with van der Waals surface area (Å²) in [5, 5.41) is 9.73. The Morgan fingerprint density at radius 1 is 1.06 bits per heavy atom. The molecule has 1 aliphatic carbocycles. The molecule has 0 saturated heterocycles. The lowest BCUT2D eigenvalue weighted by atomic mass is 10.1. The number of ether oxygens (including phenoxy) is 2. The third-order valence-electron chi connectivity index (χ3n) is 5.39. The molecular formula is C24H25N3O5. The van der Waals surface area contributed by atoms with Crippen LogP contribution in [0.3, 0.4) is 0 Å². The molecule has 1 saturated carbocycles. The van der Waals surface area contributed by atoms with E-state index in [4.69, 9.17) is 14.0 Å². The molecule has 1 atom stereocenters. The molecule has 0 radical (unpaired) electrons. The van der Waals surface area contributed by atoms with Crippen molar-refractivity contribution >= 4 is 17.5 Å². The molecule has 32 heavy (non-hydrogen) atoms. The van der Waals surface area contributed by atoms with Gasteiger partial charge in [0.25, 0.3) is 5.91 Å². The molecule has 3 aromatic rings. The van der Waals surface area contributed by atoms with Gasteiger partial charge >= 0.3 is 0 Å². The van der Waals surface area contributed by atoms with Gasteiger partial charge in [0, 0.05) is 17.7 Å². The first-order valence-corrected chi connectivity index (χ1v) is 10.4. The maximum atomic E-state index is 12.7. The molecular weight excluding hydrogens is 410 g/mol. The van der Waals surface area contributed by atoms with E-state index in [9.17, 15) is 9.59 Å². The van der Waals surface area contributed by atoms with E-state index in [1.807, 2.05) is 31.2 Å². The van der Waals surface area contributed by atoms with Crippen LogP contribution in [0.15, 0.2) is 53.1 Å². The molecule has 1 fully saturated rings. The van der Waals surface area contributed by atoms with Gasteiger partial charge in [0.1, 0.15) is 11.5 Å². The van der Waals surface area contributed by atoms with Crippen molar-refractivity contribution in [2.45, 2.75) is 25.8 Å². The summed E-state index contributed by atoms with van der Waals surface area (Å²) in [7, 11) is 3.12. The zero-order valence-electron chi connectivity index (χ0n) is 18.2. The second kappa shape index (κ2) is 9.13. The summed E-state index contributed by atoms with van der Waals surface area (Å²) in [6.07, 6.45) is 1.92. The van der Waals surface area contributed by atoms with E-state index in [0.717, 1.165) is 24.1 Å². The second-order valence-electron chi connectivity index (χ2n) is 7.72. The molecule has 2 aromatic carbocycles. The van der Waals surface area contributed by atoms with E-state index in [2.05, 4.69) is 15.8 Å². The summed E-state index contributed by atoms with van der Waals surface area (Å²) in [5.74, 6) is 1.46. The topological polar surface area (TPSA) is 103 Å². The monoisotopic (exact) mass is 435 g/mol. The quantitative estimate of drug-likeness (QED) is 0.550. The highest BCUT2D eigenvalue weighted by atomic mass is 16.5.